The van der Waals surface area contributed by atoms with E-state index in [0.29, 0.717) is 5.92 Å². The molecule has 0 aromatic heterocycles. The summed E-state index contributed by atoms with van der Waals surface area (Å²) in [5.41, 5.74) is 1.02. The van der Waals surface area contributed by atoms with Gasteiger partial charge in [-0.05, 0) is 42.9 Å². The smallest absolute Gasteiger partial charge is 0.123 e. The van der Waals surface area contributed by atoms with Gasteiger partial charge in [-0.25, -0.2) is 4.39 Å². The third-order valence-electron chi connectivity index (χ3n) is 2.73. The first kappa shape index (κ1) is 8.70. The van der Waals surface area contributed by atoms with E-state index in [1.54, 1.807) is 12.1 Å². The fourth-order valence-electron chi connectivity index (χ4n) is 2.02. The second-order valence-electron chi connectivity index (χ2n) is 3.72. The topological polar surface area (TPSA) is 20.2 Å². The van der Waals surface area contributed by atoms with E-state index in [1.807, 2.05) is 6.07 Å². The molecular formula is C11H13FO. The Morgan fingerprint density at radius 2 is 2.15 bits per heavy atom. The molecule has 1 aliphatic rings. The predicted molar refractivity (Wildman–Crippen MR) is 49.0 cm³/mol. The van der Waals surface area contributed by atoms with Crippen molar-refractivity contribution in [3.05, 3.63) is 35.6 Å². The largest absolute Gasteiger partial charge is 0.393 e. The zero-order chi connectivity index (χ0) is 9.26. The molecule has 0 heterocycles. The molecule has 0 saturated heterocycles. The molecule has 2 atom stereocenters. The van der Waals surface area contributed by atoms with Crippen LogP contribution in [0.15, 0.2) is 24.3 Å². The van der Waals surface area contributed by atoms with Gasteiger partial charge in [0, 0.05) is 0 Å². The van der Waals surface area contributed by atoms with Gasteiger partial charge in [0.2, 0.25) is 0 Å². The molecule has 1 aromatic rings. The molecule has 0 radical (unpaired) electrons. The van der Waals surface area contributed by atoms with Crippen LogP contribution in [0.3, 0.4) is 0 Å². The number of benzene rings is 1. The van der Waals surface area contributed by atoms with E-state index in [2.05, 4.69) is 0 Å². The van der Waals surface area contributed by atoms with Crippen LogP contribution in [0, 0.1) is 5.82 Å². The van der Waals surface area contributed by atoms with Gasteiger partial charge in [0.25, 0.3) is 0 Å². The summed E-state index contributed by atoms with van der Waals surface area (Å²) in [5.74, 6) is 0.171. The van der Waals surface area contributed by atoms with E-state index in [4.69, 9.17) is 0 Å². The Balaban J connectivity index is 2.16. The first-order valence-electron chi connectivity index (χ1n) is 4.69. The Hall–Kier alpha value is -0.890. The van der Waals surface area contributed by atoms with E-state index in [1.165, 1.54) is 6.07 Å². The molecule has 0 amide bonds. The molecule has 13 heavy (non-hydrogen) atoms. The molecule has 70 valence electrons. The van der Waals surface area contributed by atoms with Crippen LogP contribution >= 0.6 is 0 Å². The lowest BCUT2D eigenvalue weighted by atomic mass is 9.98. The molecule has 0 aliphatic heterocycles. The van der Waals surface area contributed by atoms with Gasteiger partial charge in [0.05, 0.1) is 6.10 Å². The molecule has 1 aromatic carbocycles. The van der Waals surface area contributed by atoms with Crippen LogP contribution < -0.4 is 0 Å². The van der Waals surface area contributed by atoms with Crippen molar-refractivity contribution in [2.24, 2.45) is 0 Å². The van der Waals surface area contributed by atoms with E-state index in [-0.39, 0.29) is 11.9 Å². The Bertz CT molecular complexity index is 298. The van der Waals surface area contributed by atoms with Crippen molar-refractivity contribution in [1.29, 1.82) is 0 Å². The van der Waals surface area contributed by atoms with Gasteiger partial charge >= 0.3 is 0 Å². The molecule has 0 bridgehead atoms. The van der Waals surface area contributed by atoms with Gasteiger partial charge < -0.3 is 5.11 Å². The van der Waals surface area contributed by atoms with Crippen molar-refractivity contribution in [3.63, 3.8) is 0 Å². The number of rotatable bonds is 1. The second-order valence-corrected chi connectivity index (χ2v) is 3.72. The van der Waals surface area contributed by atoms with Gasteiger partial charge in [-0.15, -0.1) is 0 Å². The van der Waals surface area contributed by atoms with Gasteiger partial charge in [0.15, 0.2) is 0 Å². The van der Waals surface area contributed by atoms with Crippen molar-refractivity contribution < 1.29 is 9.50 Å². The fraction of sp³-hybridized carbons (Fsp3) is 0.455. The molecule has 0 unspecified atom stereocenters. The number of hydrogen-bond donors (Lipinski definition) is 1. The van der Waals surface area contributed by atoms with Gasteiger partial charge in [-0.1, -0.05) is 12.1 Å². The molecule has 1 aliphatic carbocycles. The third kappa shape index (κ3) is 1.89. The molecule has 2 rings (SSSR count). The monoisotopic (exact) mass is 180 g/mol. The van der Waals surface area contributed by atoms with Crippen molar-refractivity contribution >= 4 is 0 Å². The Kier molecular flexibility index (Phi) is 2.32. The van der Waals surface area contributed by atoms with E-state index in [0.717, 1.165) is 24.8 Å². The van der Waals surface area contributed by atoms with E-state index in [9.17, 15) is 9.50 Å². The zero-order valence-electron chi connectivity index (χ0n) is 7.41. The summed E-state index contributed by atoms with van der Waals surface area (Å²) in [6.45, 7) is 0. The first-order chi connectivity index (χ1) is 6.25. The zero-order valence-corrected chi connectivity index (χ0v) is 7.41. The highest BCUT2D eigenvalue weighted by Crippen LogP contribution is 2.34. The lowest BCUT2D eigenvalue weighted by Crippen LogP contribution is -1.99. The lowest BCUT2D eigenvalue weighted by Gasteiger charge is -2.08. The molecule has 1 N–H and O–H groups in total. The van der Waals surface area contributed by atoms with Crippen LogP contribution in [-0.2, 0) is 0 Å². The summed E-state index contributed by atoms with van der Waals surface area (Å²) in [7, 11) is 0. The van der Waals surface area contributed by atoms with Crippen LogP contribution in [0.4, 0.5) is 4.39 Å². The van der Waals surface area contributed by atoms with Crippen LogP contribution in [0.1, 0.15) is 30.7 Å². The van der Waals surface area contributed by atoms with Crippen molar-refractivity contribution in [1.82, 2.24) is 0 Å². The summed E-state index contributed by atoms with van der Waals surface area (Å²) >= 11 is 0. The summed E-state index contributed by atoms with van der Waals surface area (Å²) in [4.78, 5) is 0. The minimum absolute atomic E-state index is 0.182. The lowest BCUT2D eigenvalue weighted by molar-refractivity contribution is 0.181. The van der Waals surface area contributed by atoms with Crippen LogP contribution in [0.5, 0.6) is 0 Å². The maximum absolute atomic E-state index is 12.9. The van der Waals surface area contributed by atoms with E-state index < -0.39 is 0 Å². The number of halogens is 1. The Morgan fingerprint density at radius 3 is 2.77 bits per heavy atom. The maximum atomic E-state index is 12.9. The molecule has 0 spiro atoms. The van der Waals surface area contributed by atoms with Crippen LogP contribution in [0.2, 0.25) is 0 Å². The number of hydrogen-bond acceptors (Lipinski definition) is 1. The van der Waals surface area contributed by atoms with E-state index >= 15 is 0 Å². The summed E-state index contributed by atoms with van der Waals surface area (Å²) in [5, 5.41) is 9.34. The highest BCUT2D eigenvalue weighted by atomic mass is 19.1. The summed E-state index contributed by atoms with van der Waals surface area (Å²) in [6, 6.07) is 6.69. The minimum Gasteiger partial charge on any atom is -0.393 e. The Morgan fingerprint density at radius 1 is 1.31 bits per heavy atom. The standard InChI is InChI=1S/C11H13FO/c12-10-3-1-2-8(6-10)9-4-5-11(13)7-9/h1-3,6,9,11,13H,4-5,7H2/t9-,11+/m1/s1. The highest BCUT2D eigenvalue weighted by molar-refractivity contribution is 5.21. The normalized spacial score (nSPS) is 27.8. The van der Waals surface area contributed by atoms with Crippen molar-refractivity contribution in [2.45, 2.75) is 31.3 Å². The Labute approximate surface area is 77.2 Å². The van der Waals surface area contributed by atoms with Crippen LogP contribution in [0.25, 0.3) is 0 Å². The number of aliphatic hydroxyl groups is 1. The molecule has 1 fully saturated rings. The average Bonchev–Trinajstić information content (AvgIpc) is 2.52. The summed E-state index contributed by atoms with van der Waals surface area (Å²) < 4.78 is 12.9. The van der Waals surface area contributed by atoms with Gasteiger partial charge in [-0.3, -0.25) is 0 Å². The number of aliphatic hydroxyl groups excluding tert-OH is 1. The molecule has 1 nitrogen and oxygen atoms in total. The minimum atomic E-state index is -0.187. The molecule has 2 heteroatoms. The maximum Gasteiger partial charge on any atom is 0.123 e. The first-order valence-corrected chi connectivity index (χ1v) is 4.69. The van der Waals surface area contributed by atoms with Crippen LogP contribution in [-0.4, -0.2) is 11.2 Å². The average molecular weight is 180 g/mol. The van der Waals surface area contributed by atoms with Gasteiger partial charge in [0.1, 0.15) is 5.82 Å². The van der Waals surface area contributed by atoms with Crippen molar-refractivity contribution in [3.8, 4) is 0 Å². The second kappa shape index (κ2) is 3.46. The fourth-order valence-corrected chi connectivity index (χ4v) is 2.02. The summed E-state index contributed by atoms with van der Waals surface area (Å²) in [6.07, 6.45) is 2.42. The quantitative estimate of drug-likeness (QED) is 0.703. The molecular weight excluding hydrogens is 167 g/mol. The molecule has 1 saturated carbocycles. The highest BCUT2D eigenvalue weighted by Gasteiger charge is 2.23. The predicted octanol–water partition coefficient (Wildman–Crippen LogP) is 2.45. The third-order valence-corrected chi connectivity index (χ3v) is 2.73. The SMILES string of the molecule is O[C@H]1CC[C@@H](c2cccc(F)c2)C1. The van der Waals surface area contributed by atoms with Gasteiger partial charge in [-0.2, -0.15) is 0 Å². The van der Waals surface area contributed by atoms with Crippen molar-refractivity contribution in [2.75, 3.05) is 0 Å².